The van der Waals surface area contributed by atoms with Gasteiger partial charge in [0.05, 0.1) is 5.69 Å². The van der Waals surface area contributed by atoms with Crippen LogP contribution in [0.3, 0.4) is 0 Å². The highest BCUT2D eigenvalue weighted by molar-refractivity contribution is 5.96. The van der Waals surface area contributed by atoms with Gasteiger partial charge in [0.25, 0.3) is 11.5 Å². The number of carbonyl (C=O) groups excluding carboxylic acids is 1. The second-order valence-electron chi connectivity index (χ2n) is 8.02. The Morgan fingerprint density at radius 2 is 1.71 bits per heavy atom. The highest BCUT2D eigenvalue weighted by Crippen LogP contribution is 2.25. The number of benzene rings is 2. The second-order valence-corrected chi connectivity index (χ2v) is 8.02. The molecule has 31 heavy (non-hydrogen) atoms. The van der Waals surface area contributed by atoms with Gasteiger partial charge in [0.2, 0.25) is 0 Å². The Morgan fingerprint density at radius 1 is 1.03 bits per heavy atom. The van der Waals surface area contributed by atoms with Gasteiger partial charge >= 0.3 is 0 Å². The molecule has 6 heteroatoms. The standard InChI is InChI=1S/C25H30N4O2/c1-6-28(7-2)20-13-14-21(18(3)17-20)26-24(31)25(4,5)29-23(30)16-15-22(27-29)19-11-9-8-10-12-19/h8-17H,6-7H2,1-5H3,(H,26,31). The van der Waals surface area contributed by atoms with Crippen molar-refractivity contribution in [2.45, 2.75) is 40.2 Å². The maximum atomic E-state index is 13.2. The predicted octanol–water partition coefficient (Wildman–Crippen LogP) is 4.44. The number of nitrogens with one attached hydrogen (secondary N) is 1. The first-order valence-corrected chi connectivity index (χ1v) is 10.6. The van der Waals surface area contributed by atoms with E-state index < -0.39 is 5.54 Å². The lowest BCUT2D eigenvalue weighted by Gasteiger charge is -2.26. The summed E-state index contributed by atoms with van der Waals surface area (Å²) in [5.41, 5.74) is 2.83. The van der Waals surface area contributed by atoms with E-state index in [4.69, 9.17) is 0 Å². The third-order valence-corrected chi connectivity index (χ3v) is 5.54. The molecule has 3 rings (SSSR count). The van der Waals surface area contributed by atoms with Crippen molar-refractivity contribution in [1.29, 1.82) is 0 Å². The summed E-state index contributed by atoms with van der Waals surface area (Å²) in [6.07, 6.45) is 0. The van der Waals surface area contributed by atoms with Crippen LogP contribution in [0, 0.1) is 6.92 Å². The fraction of sp³-hybridized carbons (Fsp3) is 0.320. The molecule has 1 aromatic heterocycles. The smallest absolute Gasteiger partial charge is 0.267 e. The van der Waals surface area contributed by atoms with Crippen molar-refractivity contribution < 1.29 is 4.79 Å². The molecule has 0 aliphatic carbocycles. The Hall–Kier alpha value is -3.41. The Morgan fingerprint density at radius 3 is 2.32 bits per heavy atom. The van der Waals surface area contributed by atoms with Crippen molar-refractivity contribution in [1.82, 2.24) is 9.78 Å². The van der Waals surface area contributed by atoms with Crippen LogP contribution < -0.4 is 15.8 Å². The van der Waals surface area contributed by atoms with Crippen LogP contribution in [0.2, 0.25) is 0 Å². The van der Waals surface area contributed by atoms with Crippen LogP contribution in [-0.2, 0) is 10.3 Å². The molecule has 0 fully saturated rings. The number of aromatic nitrogens is 2. The van der Waals surface area contributed by atoms with Crippen molar-refractivity contribution in [3.05, 3.63) is 76.6 Å². The lowest BCUT2D eigenvalue weighted by atomic mass is 10.0. The molecule has 0 aliphatic rings. The number of aryl methyl sites for hydroxylation is 1. The molecule has 0 unspecified atom stereocenters. The predicted molar refractivity (Wildman–Crippen MR) is 127 cm³/mol. The lowest BCUT2D eigenvalue weighted by molar-refractivity contribution is -0.123. The molecule has 1 N–H and O–H groups in total. The minimum absolute atomic E-state index is 0.300. The topological polar surface area (TPSA) is 67.2 Å². The first-order valence-electron chi connectivity index (χ1n) is 10.6. The van der Waals surface area contributed by atoms with E-state index in [1.165, 1.54) is 10.7 Å². The minimum atomic E-state index is -1.17. The van der Waals surface area contributed by atoms with Crippen molar-refractivity contribution in [3.8, 4) is 11.3 Å². The van der Waals surface area contributed by atoms with Gasteiger partial charge in [-0.2, -0.15) is 5.10 Å². The molecular formula is C25H30N4O2. The average Bonchev–Trinajstić information content (AvgIpc) is 2.77. The molecular weight excluding hydrogens is 388 g/mol. The Kier molecular flexibility index (Phi) is 6.59. The zero-order valence-corrected chi connectivity index (χ0v) is 18.8. The largest absolute Gasteiger partial charge is 0.372 e. The minimum Gasteiger partial charge on any atom is -0.372 e. The zero-order valence-electron chi connectivity index (χ0n) is 18.8. The summed E-state index contributed by atoms with van der Waals surface area (Å²) < 4.78 is 1.25. The maximum Gasteiger partial charge on any atom is 0.267 e. The van der Waals surface area contributed by atoms with Gasteiger partial charge in [-0.05, 0) is 64.4 Å². The monoisotopic (exact) mass is 418 g/mol. The van der Waals surface area contributed by atoms with E-state index in [0.717, 1.165) is 35.6 Å². The fourth-order valence-corrected chi connectivity index (χ4v) is 3.52. The number of anilines is 2. The summed E-state index contributed by atoms with van der Waals surface area (Å²) >= 11 is 0. The van der Waals surface area contributed by atoms with Crippen LogP contribution in [-0.4, -0.2) is 28.8 Å². The van der Waals surface area contributed by atoms with Gasteiger partial charge in [0, 0.05) is 36.1 Å². The van der Waals surface area contributed by atoms with E-state index in [9.17, 15) is 9.59 Å². The van der Waals surface area contributed by atoms with Crippen LogP contribution in [0.25, 0.3) is 11.3 Å². The molecule has 0 aliphatic heterocycles. The summed E-state index contributed by atoms with van der Waals surface area (Å²) in [7, 11) is 0. The van der Waals surface area contributed by atoms with Crippen LogP contribution in [0.15, 0.2) is 65.5 Å². The van der Waals surface area contributed by atoms with E-state index >= 15 is 0 Å². The molecule has 0 spiro atoms. The molecule has 6 nitrogen and oxygen atoms in total. The first-order chi connectivity index (χ1) is 14.8. The van der Waals surface area contributed by atoms with Crippen LogP contribution in [0.5, 0.6) is 0 Å². The van der Waals surface area contributed by atoms with E-state index in [1.807, 2.05) is 49.4 Å². The van der Waals surface area contributed by atoms with Crippen molar-refractivity contribution >= 4 is 17.3 Å². The zero-order chi connectivity index (χ0) is 22.6. The molecule has 1 heterocycles. The normalized spacial score (nSPS) is 11.3. The first kappa shape index (κ1) is 22.3. The highest BCUT2D eigenvalue weighted by atomic mass is 16.2. The quantitative estimate of drug-likeness (QED) is 0.616. The lowest BCUT2D eigenvalue weighted by Crippen LogP contribution is -2.47. The van der Waals surface area contributed by atoms with Crippen molar-refractivity contribution in [2.75, 3.05) is 23.3 Å². The summed E-state index contributed by atoms with van der Waals surface area (Å²) in [5, 5.41) is 7.48. The van der Waals surface area contributed by atoms with Crippen LogP contribution in [0.1, 0.15) is 33.3 Å². The molecule has 0 atom stereocenters. The number of hydrogen-bond acceptors (Lipinski definition) is 4. The van der Waals surface area contributed by atoms with E-state index in [1.54, 1.807) is 19.9 Å². The molecule has 162 valence electrons. The van der Waals surface area contributed by atoms with Crippen molar-refractivity contribution in [2.24, 2.45) is 0 Å². The summed E-state index contributed by atoms with van der Waals surface area (Å²) in [4.78, 5) is 28.0. The molecule has 0 bridgehead atoms. The summed E-state index contributed by atoms with van der Waals surface area (Å²) in [6, 6.07) is 18.7. The third-order valence-electron chi connectivity index (χ3n) is 5.54. The van der Waals surface area contributed by atoms with Crippen LogP contribution >= 0.6 is 0 Å². The van der Waals surface area contributed by atoms with Gasteiger partial charge in [-0.15, -0.1) is 0 Å². The molecule has 3 aromatic rings. The molecule has 2 aromatic carbocycles. The van der Waals surface area contributed by atoms with Crippen LogP contribution in [0.4, 0.5) is 11.4 Å². The van der Waals surface area contributed by atoms with E-state index in [-0.39, 0.29) is 11.5 Å². The van der Waals surface area contributed by atoms with Gasteiger partial charge in [-0.1, -0.05) is 30.3 Å². The highest BCUT2D eigenvalue weighted by Gasteiger charge is 2.32. The Bertz CT molecular complexity index is 1120. The van der Waals surface area contributed by atoms with Gasteiger partial charge in [-0.3, -0.25) is 9.59 Å². The SMILES string of the molecule is CCN(CC)c1ccc(NC(=O)C(C)(C)n2nc(-c3ccccc3)ccc2=O)c(C)c1. The Balaban J connectivity index is 1.89. The number of amides is 1. The van der Waals surface area contributed by atoms with Gasteiger partial charge in [0.15, 0.2) is 0 Å². The maximum absolute atomic E-state index is 13.2. The third kappa shape index (κ3) is 4.68. The second kappa shape index (κ2) is 9.16. The number of hydrogen-bond donors (Lipinski definition) is 1. The summed E-state index contributed by atoms with van der Waals surface area (Å²) in [6.45, 7) is 11.4. The number of rotatable bonds is 7. The fourth-order valence-electron chi connectivity index (χ4n) is 3.52. The summed E-state index contributed by atoms with van der Waals surface area (Å²) in [5.74, 6) is -0.300. The number of nitrogens with zero attached hydrogens (tertiary/aromatic N) is 3. The number of carbonyl (C=O) groups is 1. The molecule has 0 saturated carbocycles. The van der Waals surface area contributed by atoms with E-state index in [0.29, 0.717) is 5.69 Å². The van der Waals surface area contributed by atoms with E-state index in [2.05, 4.69) is 35.2 Å². The van der Waals surface area contributed by atoms with Crippen molar-refractivity contribution in [3.63, 3.8) is 0 Å². The van der Waals surface area contributed by atoms with Gasteiger partial charge < -0.3 is 10.2 Å². The Labute approximate surface area is 183 Å². The van der Waals surface area contributed by atoms with Gasteiger partial charge in [0.1, 0.15) is 5.54 Å². The molecule has 0 radical (unpaired) electrons. The molecule has 1 amide bonds. The molecule has 0 saturated heterocycles. The van der Waals surface area contributed by atoms with Gasteiger partial charge in [-0.25, -0.2) is 4.68 Å². The average molecular weight is 419 g/mol.